The molecule has 0 fully saturated rings. The maximum Gasteiger partial charge on any atom is 0.339 e. The van der Waals surface area contributed by atoms with Crippen LogP contribution in [0.4, 0.5) is 5.69 Å². The summed E-state index contributed by atoms with van der Waals surface area (Å²) >= 11 is 0. The molecule has 124 valence electrons. The predicted octanol–water partition coefficient (Wildman–Crippen LogP) is 3.58. The number of methoxy groups -OCH3 is 1. The van der Waals surface area contributed by atoms with Crippen molar-refractivity contribution >= 4 is 21.7 Å². The Morgan fingerprint density at radius 2 is 1.73 bits per heavy atom. The number of carbonyl (C=O) groups excluding carboxylic acids is 1. The molecule has 1 aromatic carbocycles. The van der Waals surface area contributed by atoms with Gasteiger partial charge in [0, 0.05) is 0 Å². The van der Waals surface area contributed by atoms with E-state index >= 15 is 0 Å². The molecule has 0 atom stereocenters. The highest BCUT2D eigenvalue weighted by atomic mass is 32.2. The number of carbonyl (C=O) groups is 1. The monoisotopic (exact) mass is 327 g/mol. The molecule has 0 aliphatic heterocycles. The first-order chi connectivity index (χ1) is 10.5. The van der Waals surface area contributed by atoms with Crippen molar-refractivity contribution in [1.29, 1.82) is 0 Å². The van der Waals surface area contributed by atoms with E-state index in [1.165, 1.54) is 26.0 Å². The van der Waals surface area contributed by atoms with Crippen LogP contribution in [0.15, 0.2) is 24.3 Å². The highest BCUT2D eigenvalue weighted by Crippen LogP contribution is 2.18. The van der Waals surface area contributed by atoms with Gasteiger partial charge in [0.2, 0.25) is 10.0 Å². The third kappa shape index (κ3) is 6.47. The number of esters is 1. The molecule has 0 unspecified atom stereocenters. The van der Waals surface area contributed by atoms with Crippen LogP contribution in [0.3, 0.4) is 0 Å². The van der Waals surface area contributed by atoms with Gasteiger partial charge in [-0.1, -0.05) is 51.2 Å². The van der Waals surface area contributed by atoms with Crippen LogP contribution < -0.4 is 4.72 Å². The number of sulfonamides is 1. The lowest BCUT2D eigenvalue weighted by Gasteiger charge is -2.11. The molecule has 0 heterocycles. The summed E-state index contributed by atoms with van der Waals surface area (Å²) in [6.07, 6.45) is 6.10. The standard InChI is InChI=1S/C16H25NO4S/c1-3-4-5-6-7-10-13-22(19,20)17-15-12-9-8-11-14(15)16(18)21-2/h8-9,11-12,17H,3-7,10,13H2,1-2H3. The molecule has 6 heteroatoms. The van der Waals surface area contributed by atoms with Crippen molar-refractivity contribution in [2.75, 3.05) is 17.6 Å². The smallest absolute Gasteiger partial charge is 0.339 e. The summed E-state index contributed by atoms with van der Waals surface area (Å²) in [6, 6.07) is 6.44. The number of hydrogen-bond acceptors (Lipinski definition) is 4. The van der Waals surface area contributed by atoms with E-state index < -0.39 is 16.0 Å². The SMILES string of the molecule is CCCCCCCCS(=O)(=O)Nc1ccccc1C(=O)OC. The van der Waals surface area contributed by atoms with E-state index in [1.807, 2.05) is 0 Å². The van der Waals surface area contributed by atoms with Crippen molar-refractivity contribution in [1.82, 2.24) is 0 Å². The number of benzene rings is 1. The summed E-state index contributed by atoms with van der Waals surface area (Å²) in [7, 11) is -2.18. The Labute approximate surface area is 133 Å². The van der Waals surface area contributed by atoms with Crippen LogP contribution in [0.25, 0.3) is 0 Å². The van der Waals surface area contributed by atoms with Gasteiger partial charge in [0.1, 0.15) is 0 Å². The lowest BCUT2D eigenvalue weighted by Crippen LogP contribution is -2.19. The Balaban J connectivity index is 2.56. The molecule has 5 nitrogen and oxygen atoms in total. The molecule has 0 saturated heterocycles. The topological polar surface area (TPSA) is 72.5 Å². The van der Waals surface area contributed by atoms with Crippen LogP contribution in [0.2, 0.25) is 0 Å². The third-order valence-corrected chi connectivity index (χ3v) is 4.72. The molecule has 0 amide bonds. The second-order valence-electron chi connectivity index (χ2n) is 5.23. The van der Waals surface area contributed by atoms with Gasteiger partial charge in [-0.15, -0.1) is 0 Å². The molecule has 0 aliphatic carbocycles. The van der Waals surface area contributed by atoms with Crippen molar-refractivity contribution in [3.05, 3.63) is 29.8 Å². The molecule has 0 saturated carbocycles. The minimum absolute atomic E-state index is 0.0641. The van der Waals surface area contributed by atoms with Gasteiger partial charge >= 0.3 is 5.97 Å². The average molecular weight is 327 g/mol. The molecular formula is C16H25NO4S. The van der Waals surface area contributed by atoms with Crippen LogP contribution >= 0.6 is 0 Å². The van der Waals surface area contributed by atoms with Gasteiger partial charge in [-0.05, 0) is 18.6 Å². The Morgan fingerprint density at radius 3 is 2.41 bits per heavy atom. The first kappa shape index (κ1) is 18.5. The first-order valence-corrected chi connectivity index (χ1v) is 9.33. The Bertz CT molecular complexity index is 569. The zero-order chi connectivity index (χ0) is 16.4. The van der Waals surface area contributed by atoms with E-state index in [0.717, 1.165) is 19.3 Å². The van der Waals surface area contributed by atoms with E-state index in [2.05, 4.69) is 16.4 Å². The highest BCUT2D eigenvalue weighted by Gasteiger charge is 2.16. The molecule has 22 heavy (non-hydrogen) atoms. The van der Waals surface area contributed by atoms with Crippen molar-refractivity contribution in [3.8, 4) is 0 Å². The van der Waals surface area contributed by atoms with Crippen LogP contribution in [-0.4, -0.2) is 27.2 Å². The first-order valence-electron chi connectivity index (χ1n) is 7.68. The third-order valence-electron chi connectivity index (χ3n) is 3.36. The summed E-state index contributed by atoms with van der Waals surface area (Å²) in [4.78, 5) is 11.6. The van der Waals surface area contributed by atoms with Crippen LogP contribution in [0.1, 0.15) is 55.8 Å². The van der Waals surface area contributed by atoms with Crippen molar-refractivity contribution in [3.63, 3.8) is 0 Å². The maximum absolute atomic E-state index is 12.1. The molecule has 1 aromatic rings. The molecular weight excluding hydrogens is 302 g/mol. The fraction of sp³-hybridized carbons (Fsp3) is 0.562. The number of anilines is 1. The zero-order valence-electron chi connectivity index (χ0n) is 13.3. The fourth-order valence-electron chi connectivity index (χ4n) is 2.15. The molecule has 1 N–H and O–H groups in total. The Hall–Kier alpha value is -1.56. The second-order valence-corrected chi connectivity index (χ2v) is 7.07. The molecule has 1 rings (SSSR count). The number of nitrogens with one attached hydrogen (secondary N) is 1. The van der Waals surface area contributed by atoms with Crippen molar-refractivity contribution in [2.45, 2.75) is 45.4 Å². The number of ether oxygens (including phenoxy) is 1. The zero-order valence-corrected chi connectivity index (χ0v) is 14.1. The van der Waals surface area contributed by atoms with Gasteiger partial charge in [0.15, 0.2) is 0 Å². The van der Waals surface area contributed by atoms with Crippen LogP contribution in [0, 0.1) is 0 Å². The van der Waals surface area contributed by atoms with Gasteiger partial charge in [-0.2, -0.15) is 0 Å². The number of para-hydroxylation sites is 1. The summed E-state index contributed by atoms with van der Waals surface area (Å²) in [5.74, 6) is -0.493. The molecule has 0 aliphatic rings. The van der Waals surface area contributed by atoms with Gasteiger partial charge < -0.3 is 4.74 Å². The summed E-state index contributed by atoms with van der Waals surface area (Å²) in [5.41, 5.74) is 0.483. The van der Waals surface area contributed by atoms with E-state index in [1.54, 1.807) is 18.2 Å². The van der Waals surface area contributed by atoms with Crippen molar-refractivity contribution in [2.24, 2.45) is 0 Å². The maximum atomic E-state index is 12.1. The number of unbranched alkanes of at least 4 members (excludes halogenated alkanes) is 5. The van der Waals surface area contributed by atoms with Gasteiger partial charge in [-0.25, -0.2) is 13.2 Å². The lowest BCUT2D eigenvalue weighted by atomic mass is 10.1. The van der Waals surface area contributed by atoms with E-state index in [9.17, 15) is 13.2 Å². The van der Waals surface area contributed by atoms with Crippen molar-refractivity contribution < 1.29 is 17.9 Å². The molecule has 0 aromatic heterocycles. The molecule has 0 bridgehead atoms. The quantitative estimate of drug-likeness (QED) is 0.526. The fourth-order valence-corrected chi connectivity index (χ4v) is 3.35. The Morgan fingerprint density at radius 1 is 1.09 bits per heavy atom. The minimum atomic E-state index is -3.45. The summed E-state index contributed by atoms with van der Waals surface area (Å²) < 4.78 is 31.3. The van der Waals surface area contributed by atoms with Gasteiger partial charge in [-0.3, -0.25) is 4.72 Å². The van der Waals surface area contributed by atoms with Crippen LogP contribution in [-0.2, 0) is 14.8 Å². The summed E-state index contributed by atoms with van der Waals surface area (Å²) in [6.45, 7) is 2.15. The number of hydrogen-bond donors (Lipinski definition) is 1. The lowest BCUT2D eigenvalue weighted by molar-refractivity contribution is 0.0602. The van der Waals surface area contributed by atoms with Gasteiger partial charge in [0.05, 0.1) is 24.1 Å². The second kappa shape index (κ2) is 9.46. The average Bonchev–Trinajstić information content (AvgIpc) is 2.50. The normalized spacial score (nSPS) is 11.2. The van der Waals surface area contributed by atoms with Gasteiger partial charge in [0.25, 0.3) is 0 Å². The minimum Gasteiger partial charge on any atom is -0.465 e. The van der Waals surface area contributed by atoms with Crippen LogP contribution in [0.5, 0.6) is 0 Å². The predicted molar refractivity (Wildman–Crippen MR) is 88.6 cm³/mol. The van der Waals surface area contributed by atoms with E-state index in [0.29, 0.717) is 6.42 Å². The highest BCUT2D eigenvalue weighted by molar-refractivity contribution is 7.92. The molecule has 0 spiro atoms. The van der Waals surface area contributed by atoms with E-state index in [-0.39, 0.29) is 17.0 Å². The molecule has 0 radical (unpaired) electrons. The summed E-state index contributed by atoms with van der Waals surface area (Å²) in [5, 5.41) is 0. The Kier molecular flexibility index (Phi) is 7.95. The largest absolute Gasteiger partial charge is 0.465 e. The number of rotatable bonds is 10. The van der Waals surface area contributed by atoms with E-state index in [4.69, 9.17) is 0 Å².